The van der Waals surface area contributed by atoms with Crippen LogP contribution in [0.2, 0.25) is 0 Å². The molecule has 2 aliphatic rings. The lowest BCUT2D eigenvalue weighted by Crippen LogP contribution is -2.45. The summed E-state index contributed by atoms with van der Waals surface area (Å²) < 4.78 is 13.5. The van der Waals surface area contributed by atoms with Gasteiger partial charge in [0.05, 0.1) is 18.0 Å². The van der Waals surface area contributed by atoms with Crippen molar-refractivity contribution in [2.24, 2.45) is 0 Å². The quantitative estimate of drug-likeness (QED) is 0.711. The molecule has 2 aromatic heterocycles. The largest absolute Gasteiger partial charge is 0.486 e. The summed E-state index contributed by atoms with van der Waals surface area (Å²) in [5.74, 6) is 1.74. The molecule has 3 aromatic rings. The highest BCUT2D eigenvalue weighted by molar-refractivity contribution is 5.45. The van der Waals surface area contributed by atoms with E-state index in [0.717, 1.165) is 56.3 Å². The van der Waals surface area contributed by atoms with Gasteiger partial charge in [-0.1, -0.05) is 12.1 Å². The molecule has 0 bridgehead atoms. The number of imidazole rings is 1. The molecule has 6 nitrogen and oxygen atoms in total. The molecule has 5 rings (SSSR count). The minimum atomic E-state index is 0.638. The molecule has 0 saturated carbocycles. The lowest BCUT2D eigenvalue weighted by Gasteiger charge is -2.35. The SMILES string of the molecule is c1cc(CN2CCN(Cc3ccc4c(c3)OCCO4)CC2)n2cncc2c1. The van der Waals surface area contributed by atoms with Crippen molar-refractivity contribution < 1.29 is 9.47 Å². The first-order valence-corrected chi connectivity index (χ1v) is 9.58. The minimum absolute atomic E-state index is 0.638. The van der Waals surface area contributed by atoms with E-state index in [0.29, 0.717) is 13.2 Å². The minimum Gasteiger partial charge on any atom is -0.486 e. The van der Waals surface area contributed by atoms with E-state index in [1.165, 1.54) is 11.3 Å². The fourth-order valence-corrected chi connectivity index (χ4v) is 3.91. The molecule has 4 heterocycles. The van der Waals surface area contributed by atoms with Gasteiger partial charge in [0.25, 0.3) is 0 Å². The molecule has 140 valence electrons. The monoisotopic (exact) mass is 364 g/mol. The number of rotatable bonds is 4. The van der Waals surface area contributed by atoms with Crippen molar-refractivity contribution in [3.63, 3.8) is 0 Å². The molecular formula is C21H24N4O2. The third-order valence-electron chi connectivity index (χ3n) is 5.40. The Kier molecular flexibility index (Phi) is 4.43. The third kappa shape index (κ3) is 3.50. The number of hydrogen-bond acceptors (Lipinski definition) is 5. The van der Waals surface area contributed by atoms with Crippen LogP contribution in [0.25, 0.3) is 5.52 Å². The van der Waals surface area contributed by atoms with Gasteiger partial charge in [0.2, 0.25) is 0 Å². The predicted molar refractivity (Wildman–Crippen MR) is 103 cm³/mol. The first-order chi connectivity index (χ1) is 13.3. The highest BCUT2D eigenvalue weighted by Gasteiger charge is 2.19. The fourth-order valence-electron chi connectivity index (χ4n) is 3.91. The van der Waals surface area contributed by atoms with Crippen LogP contribution in [0, 0.1) is 0 Å². The van der Waals surface area contributed by atoms with Crippen molar-refractivity contribution >= 4 is 5.52 Å². The smallest absolute Gasteiger partial charge is 0.161 e. The Balaban J connectivity index is 1.19. The number of pyridine rings is 1. The Labute approximate surface area is 158 Å². The van der Waals surface area contributed by atoms with Crippen LogP contribution in [-0.2, 0) is 13.1 Å². The van der Waals surface area contributed by atoms with Gasteiger partial charge in [-0.05, 0) is 29.8 Å². The Morgan fingerprint density at radius 3 is 2.48 bits per heavy atom. The summed E-state index contributed by atoms with van der Waals surface area (Å²) >= 11 is 0. The first-order valence-electron chi connectivity index (χ1n) is 9.58. The molecular weight excluding hydrogens is 340 g/mol. The lowest BCUT2D eigenvalue weighted by molar-refractivity contribution is 0.120. The van der Waals surface area contributed by atoms with Crippen molar-refractivity contribution in [2.45, 2.75) is 13.1 Å². The molecule has 0 spiro atoms. The zero-order valence-corrected chi connectivity index (χ0v) is 15.4. The number of benzene rings is 1. The van der Waals surface area contributed by atoms with Crippen molar-refractivity contribution in [3.8, 4) is 11.5 Å². The highest BCUT2D eigenvalue weighted by atomic mass is 16.6. The maximum absolute atomic E-state index is 5.71. The van der Waals surface area contributed by atoms with Crippen LogP contribution < -0.4 is 9.47 Å². The molecule has 2 aliphatic heterocycles. The third-order valence-corrected chi connectivity index (χ3v) is 5.40. The van der Waals surface area contributed by atoms with Crippen LogP contribution in [0.1, 0.15) is 11.3 Å². The zero-order chi connectivity index (χ0) is 18.1. The highest BCUT2D eigenvalue weighted by Crippen LogP contribution is 2.31. The summed E-state index contributed by atoms with van der Waals surface area (Å²) in [6.45, 7) is 7.51. The standard InChI is InChI=1S/C21H24N4O2/c1-2-18-13-22-16-25(18)19(3-1)15-24-8-6-23(7-9-24)14-17-4-5-20-21(12-17)27-11-10-26-20/h1-5,12-13,16H,6-11,14-15H2. The van der Waals surface area contributed by atoms with Crippen LogP contribution in [0.15, 0.2) is 48.9 Å². The summed E-state index contributed by atoms with van der Waals surface area (Å²) in [4.78, 5) is 9.30. The molecule has 0 aliphatic carbocycles. The molecule has 1 fully saturated rings. The van der Waals surface area contributed by atoms with Crippen molar-refractivity contribution in [1.29, 1.82) is 0 Å². The molecule has 0 N–H and O–H groups in total. The second-order valence-electron chi connectivity index (χ2n) is 7.24. The van der Waals surface area contributed by atoms with Crippen LogP contribution in [-0.4, -0.2) is 58.6 Å². The number of aromatic nitrogens is 2. The van der Waals surface area contributed by atoms with Gasteiger partial charge in [0.15, 0.2) is 11.5 Å². The number of ether oxygens (including phenoxy) is 2. The van der Waals surface area contributed by atoms with Crippen molar-refractivity contribution in [1.82, 2.24) is 19.2 Å². The molecule has 0 radical (unpaired) electrons. The average molecular weight is 364 g/mol. The van der Waals surface area contributed by atoms with Gasteiger partial charge in [-0.25, -0.2) is 4.98 Å². The maximum atomic E-state index is 5.71. The Morgan fingerprint density at radius 1 is 0.852 bits per heavy atom. The summed E-state index contributed by atoms with van der Waals surface area (Å²) in [5, 5.41) is 0. The van der Waals surface area contributed by atoms with E-state index in [4.69, 9.17) is 9.47 Å². The molecule has 1 aromatic carbocycles. The predicted octanol–water partition coefficient (Wildman–Crippen LogP) is 2.42. The molecule has 0 unspecified atom stereocenters. The number of hydrogen-bond donors (Lipinski definition) is 0. The topological polar surface area (TPSA) is 42.2 Å². The van der Waals surface area contributed by atoms with Gasteiger partial charge in [0, 0.05) is 45.0 Å². The number of fused-ring (bicyclic) bond motifs is 2. The second kappa shape index (κ2) is 7.21. The summed E-state index contributed by atoms with van der Waals surface area (Å²) in [6.07, 6.45) is 3.82. The van der Waals surface area contributed by atoms with Crippen molar-refractivity contribution in [3.05, 3.63) is 60.2 Å². The van der Waals surface area contributed by atoms with Gasteiger partial charge < -0.3 is 13.9 Å². The molecule has 1 saturated heterocycles. The van der Waals surface area contributed by atoms with E-state index >= 15 is 0 Å². The van der Waals surface area contributed by atoms with E-state index in [-0.39, 0.29) is 0 Å². The van der Waals surface area contributed by atoms with E-state index in [2.05, 4.69) is 49.5 Å². The van der Waals surface area contributed by atoms with Gasteiger partial charge in [-0.2, -0.15) is 0 Å². The number of piperazine rings is 1. The van der Waals surface area contributed by atoms with Crippen LogP contribution in [0.3, 0.4) is 0 Å². The number of nitrogens with zero attached hydrogens (tertiary/aromatic N) is 4. The Hall–Kier alpha value is -2.57. The van der Waals surface area contributed by atoms with E-state index in [1.54, 1.807) is 0 Å². The van der Waals surface area contributed by atoms with E-state index in [9.17, 15) is 0 Å². The van der Waals surface area contributed by atoms with Gasteiger partial charge >= 0.3 is 0 Å². The lowest BCUT2D eigenvalue weighted by atomic mass is 10.1. The first kappa shape index (κ1) is 16.6. The van der Waals surface area contributed by atoms with Gasteiger partial charge in [0.1, 0.15) is 13.2 Å². The Morgan fingerprint density at radius 2 is 1.63 bits per heavy atom. The summed E-state index contributed by atoms with van der Waals surface area (Å²) in [5.41, 5.74) is 3.74. The molecule has 27 heavy (non-hydrogen) atoms. The summed E-state index contributed by atoms with van der Waals surface area (Å²) in [7, 11) is 0. The van der Waals surface area contributed by atoms with Gasteiger partial charge in [-0.15, -0.1) is 0 Å². The molecule has 0 atom stereocenters. The Bertz CT molecular complexity index is 931. The zero-order valence-electron chi connectivity index (χ0n) is 15.4. The molecule has 0 amide bonds. The van der Waals surface area contributed by atoms with Crippen LogP contribution in [0.4, 0.5) is 0 Å². The van der Waals surface area contributed by atoms with Crippen LogP contribution >= 0.6 is 0 Å². The average Bonchev–Trinajstić information content (AvgIpc) is 3.19. The second-order valence-corrected chi connectivity index (χ2v) is 7.24. The van der Waals surface area contributed by atoms with Crippen molar-refractivity contribution in [2.75, 3.05) is 39.4 Å². The van der Waals surface area contributed by atoms with E-state index < -0.39 is 0 Å². The van der Waals surface area contributed by atoms with Gasteiger partial charge in [-0.3, -0.25) is 9.80 Å². The van der Waals surface area contributed by atoms with Crippen LogP contribution in [0.5, 0.6) is 11.5 Å². The normalized spacial score (nSPS) is 18.1. The summed E-state index contributed by atoms with van der Waals surface area (Å²) in [6, 6.07) is 12.7. The molecule has 6 heteroatoms. The fraction of sp³-hybridized carbons (Fsp3) is 0.381. The van der Waals surface area contributed by atoms with E-state index in [1.807, 2.05) is 18.6 Å². The maximum Gasteiger partial charge on any atom is 0.161 e.